The molecule has 0 radical (unpaired) electrons. The fraction of sp³-hybridized carbons (Fsp3) is 0.100. The van der Waals surface area contributed by atoms with Crippen molar-refractivity contribution in [3.8, 4) is 11.3 Å². The maximum absolute atomic E-state index is 11.0. The zero-order valence-corrected chi connectivity index (χ0v) is 13.5. The van der Waals surface area contributed by atoms with Crippen LogP contribution in [0.5, 0.6) is 0 Å². The second-order valence-electron chi connectivity index (χ2n) is 5.63. The van der Waals surface area contributed by atoms with Crippen LogP contribution < -0.4 is 0 Å². The Kier molecular flexibility index (Phi) is 4.29. The number of carboxylic acid groups (broad SMARTS) is 1. The van der Waals surface area contributed by atoms with Crippen molar-refractivity contribution in [1.29, 1.82) is 0 Å². The molecule has 24 heavy (non-hydrogen) atoms. The maximum Gasteiger partial charge on any atom is 0.335 e. The summed E-state index contributed by atoms with van der Waals surface area (Å²) in [5, 5.41) is 9.03. The van der Waals surface area contributed by atoms with E-state index in [9.17, 15) is 4.79 Å². The molecule has 120 valence electrons. The fourth-order valence-corrected chi connectivity index (χ4v) is 2.41. The van der Waals surface area contributed by atoms with E-state index in [2.05, 4.69) is 4.99 Å². The Morgan fingerprint density at radius 3 is 2.46 bits per heavy atom. The molecule has 2 aromatic carbocycles. The Hall–Kier alpha value is -3.14. The van der Waals surface area contributed by atoms with Crippen molar-refractivity contribution in [2.24, 2.45) is 4.99 Å². The van der Waals surface area contributed by atoms with Gasteiger partial charge in [0.15, 0.2) is 0 Å². The number of nitrogens with zero attached hydrogens (tertiary/aromatic N) is 1. The molecule has 0 saturated heterocycles. The normalized spacial score (nSPS) is 11.1. The van der Waals surface area contributed by atoms with E-state index in [-0.39, 0.29) is 5.56 Å². The molecule has 0 aliphatic heterocycles. The van der Waals surface area contributed by atoms with Gasteiger partial charge in [-0.15, -0.1) is 0 Å². The number of hydrogen-bond donors (Lipinski definition) is 1. The van der Waals surface area contributed by atoms with Gasteiger partial charge in [0.05, 0.1) is 17.5 Å². The highest BCUT2D eigenvalue weighted by molar-refractivity contribution is 5.89. The molecule has 4 heteroatoms. The number of benzene rings is 2. The van der Waals surface area contributed by atoms with Crippen molar-refractivity contribution < 1.29 is 14.3 Å². The minimum atomic E-state index is -0.935. The highest BCUT2D eigenvalue weighted by Crippen LogP contribution is 2.26. The number of carbonyl (C=O) groups is 1. The van der Waals surface area contributed by atoms with E-state index < -0.39 is 5.97 Å². The number of aliphatic imine (C=N–C) groups is 1. The van der Waals surface area contributed by atoms with Crippen LogP contribution in [0.4, 0.5) is 5.69 Å². The van der Waals surface area contributed by atoms with E-state index in [1.54, 1.807) is 24.4 Å². The van der Waals surface area contributed by atoms with Crippen molar-refractivity contribution in [2.45, 2.75) is 13.8 Å². The predicted octanol–water partition coefficient (Wildman–Crippen LogP) is 5.01. The number of furan rings is 1. The summed E-state index contributed by atoms with van der Waals surface area (Å²) in [5.41, 5.74) is 4.04. The van der Waals surface area contributed by atoms with E-state index in [4.69, 9.17) is 9.52 Å². The van der Waals surface area contributed by atoms with Crippen LogP contribution in [0.1, 0.15) is 27.2 Å². The molecule has 0 aliphatic carbocycles. The molecule has 0 bridgehead atoms. The van der Waals surface area contributed by atoms with Gasteiger partial charge in [0.1, 0.15) is 11.5 Å². The van der Waals surface area contributed by atoms with Crippen LogP contribution in [-0.2, 0) is 0 Å². The zero-order valence-electron chi connectivity index (χ0n) is 13.5. The highest BCUT2D eigenvalue weighted by atomic mass is 16.4. The van der Waals surface area contributed by atoms with E-state index in [1.807, 2.05) is 50.2 Å². The van der Waals surface area contributed by atoms with Crippen molar-refractivity contribution in [1.82, 2.24) is 0 Å². The third-order valence-corrected chi connectivity index (χ3v) is 3.74. The Morgan fingerprint density at radius 1 is 1.04 bits per heavy atom. The predicted molar refractivity (Wildman–Crippen MR) is 94.3 cm³/mol. The minimum Gasteiger partial charge on any atom is -0.478 e. The third-order valence-electron chi connectivity index (χ3n) is 3.74. The molecule has 0 amide bonds. The smallest absolute Gasteiger partial charge is 0.335 e. The number of hydrogen-bond acceptors (Lipinski definition) is 3. The van der Waals surface area contributed by atoms with Gasteiger partial charge in [-0.05, 0) is 55.8 Å². The van der Waals surface area contributed by atoms with Crippen LogP contribution in [0.3, 0.4) is 0 Å². The number of carboxylic acids is 1. The molecule has 0 unspecified atom stereocenters. The molecule has 0 fully saturated rings. The molecular weight excluding hydrogens is 302 g/mol. The molecule has 0 atom stereocenters. The zero-order chi connectivity index (χ0) is 17.1. The van der Waals surface area contributed by atoms with Gasteiger partial charge in [-0.1, -0.05) is 23.8 Å². The van der Waals surface area contributed by atoms with Crippen molar-refractivity contribution in [3.63, 3.8) is 0 Å². The lowest BCUT2D eigenvalue weighted by atomic mass is 10.0. The minimum absolute atomic E-state index is 0.268. The lowest BCUT2D eigenvalue weighted by Gasteiger charge is -2.03. The molecule has 0 aliphatic rings. The SMILES string of the molecule is Cc1ccc(N=Cc2ccc(-c3ccc(C(=O)O)cc3C)o2)cc1. The quantitative estimate of drug-likeness (QED) is 0.687. The highest BCUT2D eigenvalue weighted by Gasteiger charge is 2.10. The summed E-state index contributed by atoms with van der Waals surface area (Å²) >= 11 is 0. The third kappa shape index (κ3) is 3.43. The summed E-state index contributed by atoms with van der Waals surface area (Å²) in [7, 11) is 0. The molecule has 1 heterocycles. The summed E-state index contributed by atoms with van der Waals surface area (Å²) in [6, 6.07) is 16.6. The van der Waals surface area contributed by atoms with Crippen LogP contribution in [-0.4, -0.2) is 17.3 Å². The van der Waals surface area contributed by atoms with Crippen LogP contribution in [0.2, 0.25) is 0 Å². The number of aryl methyl sites for hydroxylation is 2. The van der Waals surface area contributed by atoms with Crippen LogP contribution in [0.15, 0.2) is 64.0 Å². The average Bonchev–Trinajstić information content (AvgIpc) is 3.03. The van der Waals surface area contributed by atoms with Gasteiger partial charge in [-0.3, -0.25) is 4.99 Å². The first kappa shape index (κ1) is 15.7. The maximum atomic E-state index is 11.0. The number of rotatable bonds is 4. The molecule has 3 rings (SSSR count). The molecule has 0 spiro atoms. The second kappa shape index (κ2) is 6.54. The van der Waals surface area contributed by atoms with E-state index in [1.165, 1.54) is 5.56 Å². The van der Waals surface area contributed by atoms with Gasteiger partial charge in [-0.2, -0.15) is 0 Å². The Balaban J connectivity index is 1.83. The topological polar surface area (TPSA) is 62.8 Å². The molecule has 1 aromatic heterocycles. The Labute approximate surface area is 140 Å². The van der Waals surface area contributed by atoms with Gasteiger partial charge >= 0.3 is 5.97 Å². The Bertz CT molecular complexity index is 905. The summed E-state index contributed by atoms with van der Waals surface area (Å²) in [6.45, 7) is 3.90. The monoisotopic (exact) mass is 319 g/mol. The summed E-state index contributed by atoms with van der Waals surface area (Å²) in [4.78, 5) is 15.4. The van der Waals surface area contributed by atoms with Crippen LogP contribution in [0.25, 0.3) is 11.3 Å². The standard InChI is InChI=1S/C20H17NO3/c1-13-3-6-16(7-4-13)21-12-17-8-10-19(24-17)18-9-5-15(20(22)23)11-14(18)2/h3-12H,1-2H3,(H,22,23). The molecular formula is C20H17NO3. The molecule has 1 N–H and O–H groups in total. The van der Waals surface area contributed by atoms with Gasteiger partial charge in [-0.25, -0.2) is 4.79 Å². The summed E-state index contributed by atoms with van der Waals surface area (Å²) in [6.07, 6.45) is 1.68. The lowest BCUT2D eigenvalue weighted by molar-refractivity contribution is 0.0697. The fourth-order valence-electron chi connectivity index (χ4n) is 2.41. The average molecular weight is 319 g/mol. The van der Waals surface area contributed by atoms with Gasteiger partial charge in [0.25, 0.3) is 0 Å². The van der Waals surface area contributed by atoms with Crippen LogP contribution >= 0.6 is 0 Å². The first-order valence-corrected chi connectivity index (χ1v) is 7.58. The molecule has 3 aromatic rings. The Morgan fingerprint density at radius 2 is 1.79 bits per heavy atom. The van der Waals surface area contributed by atoms with Crippen LogP contribution in [0, 0.1) is 13.8 Å². The molecule has 0 saturated carbocycles. The van der Waals surface area contributed by atoms with E-state index in [0.29, 0.717) is 11.5 Å². The van der Waals surface area contributed by atoms with E-state index in [0.717, 1.165) is 16.8 Å². The lowest BCUT2D eigenvalue weighted by Crippen LogP contribution is -1.96. The number of aromatic carboxylic acids is 1. The van der Waals surface area contributed by atoms with Crippen molar-refractivity contribution in [3.05, 3.63) is 77.0 Å². The van der Waals surface area contributed by atoms with Gasteiger partial charge in [0, 0.05) is 5.56 Å². The van der Waals surface area contributed by atoms with Gasteiger partial charge < -0.3 is 9.52 Å². The first-order valence-electron chi connectivity index (χ1n) is 7.58. The summed E-state index contributed by atoms with van der Waals surface area (Å²) in [5.74, 6) is 0.400. The van der Waals surface area contributed by atoms with E-state index >= 15 is 0 Å². The van der Waals surface area contributed by atoms with Crippen molar-refractivity contribution >= 4 is 17.9 Å². The first-order chi connectivity index (χ1) is 11.5. The molecule has 4 nitrogen and oxygen atoms in total. The van der Waals surface area contributed by atoms with Crippen molar-refractivity contribution in [2.75, 3.05) is 0 Å². The largest absolute Gasteiger partial charge is 0.478 e. The second-order valence-corrected chi connectivity index (χ2v) is 5.63. The van der Waals surface area contributed by atoms with Gasteiger partial charge in [0.2, 0.25) is 0 Å². The summed E-state index contributed by atoms with van der Waals surface area (Å²) < 4.78 is 5.80.